The first kappa shape index (κ1) is 17.2. The van der Waals surface area contributed by atoms with Crippen LogP contribution < -0.4 is 10.6 Å². The zero-order valence-electron chi connectivity index (χ0n) is 13.6. The van der Waals surface area contributed by atoms with Crippen molar-refractivity contribution in [2.45, 2.75) is 25.9 Å². The summed E-state index contributed by atoms with van der Waals surface area (Å²) in [5.41, 5.74) is 3.53. The van der Waals surface area contributed by atoms with Gasteiger partial charge in [0.2, 0.25) is 0 Å². The molecule has 24 heavy (non-hydrogen) atoms. The second-order valence-electron chi connectivity index (χ2n) is 6.11. The van der Waals surface area contributed by atoms with E-state index in [9.17, 15) is 0 Å². The van der Waals surface area contributed by atoms with Gasteiger partial charge in [0.25, 0.3) is 0 Å². The molecular weight excluding hydrogens is 338 g/mol. The summed E-state index contributed by atoms with van der Waals surface area (Å²) >= 11 is 11.2. The number of nitrogens with one attached hydrogen (secondary N) is 2. The zero-order chi connectivity index (χ0) is 16.8. The van der Waals surface area contributed by atoms with Gasteiger partial charge in [0.15, 0.2) is 5.11 Å². The summed E-state index contributed by atoms with van der Waals surface area (Å²) in [6.45, 7) is 4.23. The number of rotatable bonds is 5. The summed E-state index contributed by atoms with van der Waals surface area (Å²) in [7, 11) is 0. The van der Waals surface area contributed by atoms with Gasteiger partial charge in [-0.15, -0.1) is 0 Å². The minimum absolute atomic E-state index is 0.610. The smallest absolute Gasteiger partial charge is 0.171 e. The number of hydrogen-bond donors (Lipinski definition) is 2. The van der Waals surface area contributed by atoms with Crippen LogP contribution in [0.1, 0.15) is 24.0 Å². The third-order valence-electron chi connectivity index (χ3n) is 4.18. The Morgan fingerprint density at radius 1 is 0.958 bits per heavy atom. The van der Waals surface area contributed by atoms with Crippen molar-refractivity contribution >= 4 is 34.6 Å². The fraction of sp³-hybridized carbons (Fsp3) is 0.316. The van der Waals surface area contributed by atoms with Gasteiger partial charge in [0.05, 0.1) is 0 Å². The van der Waals surface area contributed by atoms with E-state index in [0.717, 1.165) is 12.2 Å². The molecule has 2 aromatic carbocycles. The summed E-state index contributed by atoms with van der Waals surface area (Å²) in [5, 5.41) is 7.71. The fourth-order valence-electron chi connectivity index (χ4n) is 2.85. The van der Waals surface area contributed by atoms with Gasteiger partial charge in [-0.2, -0.15) is 0 Å². The van der Waals surface area contributed by atoms with Crippen LogP contribution in [0.5, 0.6) is 0 Å². The highest BCUT2D eigenvalue weighted by atomic mass is 35.5. The summed E-state index contributed by atoms with van der Waals surface area (Å²) in [4.78, 5) is 2.51. The highest BCUT2D eigenvalue weighted by Gasteiger charge is 2.11. The molecule has 3 rings (SSSR count). The first-order chi connectivity index (χ1) is 11.7. The lowest BCUT2D eigenvalue weighted by Crippen LogP contribution is -2.27. The maximum atomic E-state index is 5.88. The molecule has 0 aliphatic carbocycles. The molecule has 0 aromatic heterocycles. The molecular formula is C19H22ClN3S. The minimum Gasteiger partial charge on any atom is -0.358 e. The van der Waals surface area contributed by atoms with E-state index in [1.165, 1.54) is 37.1 Å². The van der Waals surface area contributed by atoms with Gasteiger partial charge >= 0.3 is 0 Å². The van der Waals surface area contributed by atoms with Gasteiger partial charge in [0, 0.05) is 23.8 Å². The van der Waals surface area contributed by atoms with Crippen molar-refractivity contribution in [2.24, 2.45) is 0 Å². The minimum atomic E-state index is 0.610. The number of anilines is 1. The van der Waals surface area contributed by atoms with Crippen molar-refractivity contribution < 1.29 is 0 Å². The molecule has 0 spiro atoms. The van der Waals surface area contributed by atoms with E-state index in [0.29, 0.717) is 16.7 Å². The average Bonchev–Trinajstić information content (AvgIpc) is 3.09. The number of hydrogen-bond acceptors (Lipinski definition) is 2. The maximum Gasteiger partial charge on any atom is 0.171 e. The van der Waals surface area contributed by atoms with E-state index in [2.05, 4.69) is 39.8 Å². The Balaban J connectivity index is 1.45. The largest absolute Gasteiger partial charge is 0.358 e. The molecule has 0 atom stereocenters. The highest BCUT2D eigenvalue weighted by Crippen LogP contribution is 2.14. The second kappa shape index (κ2) is 8.47. The van der Waals surface area contributed by atoms with Crippen molar-refractivity contribution in [3.8, 4) is 0 Å². The average molecular weight is 360 g/mol. The number of thiocarbonyl (C=S) groups is 1. The van der Waals surface area contributed by atoms with Crippen molar-refractivity contribution in [2.75, 3.05) is 18.4 Å². The predicted octanol–water partition coefficient (Wildman–Crippen LogP) is 4.42. The van der Waals surface area contributed by atoms with Crippen LogP contribution in [-0.4, -0.2) is 23.1 Å². The molecule has 1 fully saturated rings. The first-order valence-corrected chi connectivity index (χ1v) is 9.08. The molecule has 0 bridgehead atoms. The summed E-state index contributed by atoms with van der Waals surface area (Å²) < 4.78 is 0. The molecule has 0 unspecified atom stereocenters. The lowest BCUT2D eigenvalue weighted by atomic mass is 10.1. The van der Waals surface area contributed by atoms with E-state index in [1.807, 2.05) is 24.3 Å². The molecule has 3 nitrogen and oxygen atoms in total. The molecule has 0 amide bonds. The van der Waals surface area contributed by atoms with Gasteiger partial charge in [0.1, 0.15) is 0 Å². The zero-order valence-corrected chi connectivity index (χ0v) is 15.2. The summed E-state index contributed by atoms with van der Waals surface area (Å²) in [6, 6.07) is 16.3. The van der Waals surface area contributed by atoms with Crippen molar-refractivity contribution in [3.05, 3.63) is 64.7 Å². The van der Waals surface area contributed by atoms with E-state index >= 15 is 0 Å². The molecule has 1 aliphatic heterocycles. The molecule has 0 radical (unpaired) electrons. The standard InChI is InChI=1S/C19H22ClN3S/c20-17-7-9-18(10-8-17)22-19(24)21-13-15-3-5-16(6-4-15)14-23-11-1-2-12-23/h3-10H,1-2,11-14H2,(H2,21,22,24). The summed E-state index contributed by atoms with van der Waals surface area (Å²) in [6.07, 6.45) is 2.67. The molecule has 2 aromatic rings. The maximum absolute atomic E-state index is 5.88. The van der Waals surface area contributed by atoms with Crippen LogP contribution in [0.2, 0.25) is 5.02 Å². The lowest BCUT2D eigenvalue weighted by Gasteiger charge is -2.15. The van der Waals surface area contributed by atoms with Crippen molar-refractivity contribution in [1.29, 1.82) is 0 Å². The molecule has 0 saturated carbocycles. The highest BCUT2D eigenvalue weighted by molar-refractivity contribution is 7.80. The van der Waals surface area contributed by atoms with Gasteiger partial charge in [-0.1, -0.05) is 35.9 Å². The molecule has 1 heterocycles. The van der Waals surface area contributed by atoms with Crippen LogP contribution in [-0.2, 0) is 13.1 Å². The third kappa shape index (κ3) is 5.20. The van der Waals surface area contributed by atoms with Gasteiger partial charge in [-0.05, 0) is 73.5 Å². The van der Waals surface area contributed by atoms with E-state index in [4.69, 9.17) is 23.8 Å². The molecule has 2 N–H and O–H groups in total. The number of halogens is 1. The van der Waals surface area contributed by atoms with Crippen LogP contribution in [0.4, 0.5) is 5.69 Å². The Morgan fingerprint density at radius 3 is 2.25 bits per heavy atom. The Labute approximate surface area is 154 Å². The SMILES string of the molecule is S=C(NCc1ccc(CN2CCCC2)cc1)Nc1ccc(Cl)cc1. The number of benzene rings is 2. The molecule has 5 heteroatoms. The number of likely N-dealkylation sites (tertiary alicyclic amines) is 1. The predicted molar refractivity (Wildman–Crippen MR) is 105 cm³/mol. The first-order valence-electron chi connectivity index (χ1n) is 8.30. The second-order valence-corrected chi connectivity index (χ2v) is 6.96. The molecule has 1 saturated heterocycles. The fourth-order valence-corrected chi connectivity index (χ4v) is 3.17. The normalized spacial score (nSPS) is 14.5. The van der Waals surface area contributed by atoms with Crippen LogP contribution in [0, 0.1) is 0 Å². The summed E-state index contributed by atoms with van der Waals surface area (Å²) in [5.74, 6) is 0. The lowest BCUT2D eigenvalue weighted by molar-refractivity contribution is 0.331. The Kier molecular flexibility index (Phi) is 6.07. The third-order valence-corrected chi connectivity index (χ3v) is 4.68. The van der Waals surface area contributed by atoms with E-state index < -0.39 is 0 Å². The van der Waals surface area contributed by atoms with Gasteiger partial charge in [-0.25, -0.2) is 0 Å². The van der Waals surface area contributed by atoms with Crippen LogP contribution >= 0.6 is 23.8 Å². The molecule has 126 valence electrons. The quantitative estimate of drug-likeness (QED) is 0.772. The van der Waals surface area contributed by atoms with Crippen molar-refractivity contribution in [1.82, 2.24) is 10.2 Å². The Bertz CT molecular complexity index is 664. The Hall–Kier alpha value is -1.62. The topological polar surface area (TPSA) is 27.3 Å². The number of nitrogens with zero attached hydrogens (tertiary/aromatic N) is 1. The van der Waals surface area contributed by atoms with Gasteiger partial charge < -0.3 is 10.6 Å². The molecule has 1 aliphatic rings. The van der Waals surface area contributed by atoms with Crippen LogP contribution in [0.15, 0.2) is 48.5 Å². The van der Waals surface area contributed by atoms with Crippen LogP contribution in [0.25, 0.3) is 0 Å². The van der Waals surface area contributed by atoms with E-state index in [-0.39, 0.29) is 0 Å². The van der Waals surface area contributed by atoms with Crippen molar-refractivity contribution in [3.63, 3.8) is 0 Å². The monoisotopic (exact) mass is 359 g/mol. The van der Waals surface area contributed by atoms with E-state index in [1.54, 1.807) is 0 Å². The van der Waals surface area contributed by atoms with Crippen LogP contribution in [0.3, 0.4) is 0 Å². The Morgan fingerprint density at radius 2 is 1.58 bits per heavy atom. The van der Waals surface area contributed by atoms with Gasteiger partial charge in [-0.3, -0.25) is 4.90 Å².